The Hall–Kier alpha value is -0.470. The second-order valence-corrected chi connectivity index (χ2v) is 3.96. The summed E-state index contributed by atoms with van der Waals surface area (Å²) in [4.78, 5) is 0. The molecule has 0 unspecified atom stereocenters. The zero-order valence-corrected chi connectivity index (χ0v) is 8.85. The zero-order valence-electron chi connectivity index (χ0n) is 8.03. The maximum absolute atomic E-state index is 4.96. The number of aryl methyl sites for hydroxylation is 1. The van der Waals surface area contributed by atoms with Crippen molar-refractivity contribution in [3.8, 4) is 0 Å². The van der Waals surface area contributed by atoms with Gasteiger partial charge in [-0.2, -0.15) is 0 Å². The Morgan fingerprint density at radius 1 is 1.23 bits per heavy atom. The summed E-state index contributed by atoms with van der Waals surface area (Å²) in [6.07, 6.45) is 2.41. The maximum Gasteiger partial charge on any atom is 0.0917 e. The number of benzene rings is 1. The summed E-state index contributed by atoms with van der Waals surface area (Å²) in [5, 5.41) is 0. The third kappa shape index (κ3) is 4.96. The second-order valence-electron chi connectivity index (χ2n) is 2.90. The van der Waals surface area contributed by atoms with Crippen molar-refractivity contribution in [2.75, 3.05) is 18.8 Å². The molecule has 1 rings (SSSR count). The van der Waals surface area contributed by atoms with Crippen LogP contribution < -0.4 is 0 Å². The Balaban J connectivity index is 2.07. The fourth-order valence-corrected chi connectivity index (χ4v) is 1.80. The molecule has 1 aromatic carbocycles. The molecule has 0 radical (unpaired) electrons. The van der Waals surface area contributed by atoms with Gasteiger partial charge in [0.15, 0.2) is 0 Å². The van der Waals surface area contributed by atoms with Gasteiger partial charge in [0.25, 0.3) is 0 Å². The van der Waals surface area contributed by atoms with Crippen LogP contribution in [-0.2, 0) is 11.2 Å². The lowest BCUT2D eigenvalue weighted by molar-refractivity contribution is 0.259. The predicted molar refractivity (Wildman–Crippen MR) is 59.1 cm³/mol. The molecule has 0 bridgehead atoms. The average molecular weight is 196 g/mol. The Bertz CT molecular complexity index is 211. The minimum Gasteiger partial charge on any atom is -0.374 e. The minimum atomic E-state index is 0.814. The molecule has 1 nitrogen and oxygen atoms in total. The molecular weight excluding hydrogens is 180 g/mol. The summed E-state index contributed by atoms with van der Waals surface area (Å²) in [6.45, 7) is 0. The van der Waals surface area contributed by atoms with E-state index in [1.807, 2.05) is 11.8 Å². The van der Waals surface area contributed by atoms with Crippen LogP contribution in [0.4, 0.5) is 0 Å². The lowest BCUT2D eigenvalue weighted by atomic mass is 10.1. The molecule has 0 aromatic heterocycles. The van der Waals surface area contributed by atoms with Crippen molar-refractivity contribution in [1.82, 2.24) is 0 Å². The van der Waals surface area contributed by atoms with E-state index in [1.54, 1.807) is 7.11 Å². The quantitative estimate of drug-likeness (QED) is 0.511. The fourth-order valence-electron chi connectivity index (χ4n) is 1.17. The Kier molecular flexibility index (Phi) is 5.70. The number of thioether (sulfide) groups is 1. The van der Waals surface area contributed by atoms with Crippen LogP contribution in [0.1, 0.15) is 12.0 Å². The van der Waals surface area contributed by atoms with E-state index >= 15 is 0 Å². The van der Waals surface area contributed by atoms with Crippen molar-refractivity contribution >= 4 is 11.8 Å². The maximum atomic E-state index is 4.96. The number of hydrogen-bond donors (Lipinski definition) is 0. The minimum absolute atomic E-state index is 0.814. The van der Waals surface area contributed by atoms with Gasteiger partial charge in [0.05, 0.1) is 5.94 Å². The van der Waals surface area contributed by atoms with Crippen LogP contribution in [0.15, 0.2) is 30.3 Å². The topological polar surface area (TPSA) is 9.23 Å². The van der Waals surface area contributed by atoms with Gasteiger partial charge >= 0.3 is 0 Å². The lowest BCUT2D eigenvalue weighted by Gasteiger charge is -2.00. The first kappa shape index (κ1) is 10.6. The van der Waals surface area contributed by atoms with E-state index < -0.39 is 0 Å². The second kappa shape index (κ2) is 6.98. The van der Waals surface area contributed by atoms with E-state index in [-0.39, 0.29) is 0 Å². The molecule has 0 saturated carbocycles. The molecule has 0 aliphatic carbocycles. The Labute approximate surface area is 84.5 Å². The van der Waals surface area contributed by atoms with E-state index in [2.05, 4.69) is 30.3 Å². The monoisotopic (exact) mass is 196 g/mol. The highest BCUT2D eigenvalue weighted by atomic mass is 32.2. The lowest BCUT2D eigenvalue weighted by Crippen LogP contribution is -1.89. The molecule has 0 fully saturated rings. The molecular formula is C11H16OS. The molecule has 72 valence electrons. The molecule has 13 heavy (non-hydrogen) atoms. The number of methoxy groups -OCH3 is 1. The Morgan fingerprint density at radius 3 is 2.69 bits per heavy atom. The van der Waals surface area contributed by atoms with Gasteiger partial charge in [0.1, 0.15) is 0 Å². The summed E-state index contributed by atoms with van der Waals surface area (Å²) in [7, 11) is 1.74. The van der Waals surface area contributed by atoms with Gasteiger partial charge in [-0.15, -0.1) is 11.8 Å². The Morgan fingerprint density at radius 2 is 2.00 bits per heavy atom. The van der Waals surface area contributed by atoms with E-state index in [0.717, 1.165) is 5.94 Å². The highest BCUT2D eigenvalue weighted by Gasteiger charge is 1.91. The smallest absolute Gasteiger partial charge is 0.0917 e. The summed E-state index contributed by atoms with van der Waals surface area (Å²) < 4.78 is 4.96. The van der Waals surface area contributed by atoms with Crippen molar-refractivity contribution in [3.05, 3.63) is 35.9 Å². The molecule has 0 saturated heterocycles. The SMILES string of the molecule is COCSCCCc1ccccc1. The number of ether oxygens (including phenoxy) is 1. The standard InChI is InChI=1S/C11H16OS/c1-12-10-13-9-5-8-11-6-3-2-4-7-11/h2-4,6-7H,5,8-10H2,1H3. The molecule has 0 spiro atoms. The van der Waals surface area contributed by atoms with E-state index in [0.29, 0.717) is 0 Å². The molecule has 0 amide bonds. The molecule has 0 atom stereocenters. The van der Waals surface area contributed by atoms with Gasteiger partial charge in [-0.25, -0.2) is 0 Å². The molecule has 2 heteroatoms. The predicted octanol–water partition coefficient (Wildman–Crippen LogP) is 2.96. The summed E-state index contributed by atoms with van der Waals surface area (Å²) in [6, 6.07) is 10.6. The van der Waals surface area contributed by atoms with Crippen LogP contribution in [0, 0.1) is 0 Å². The van der Waals surface area contributed by atoms with Crippen LogP contribution >= 0.6 is 11.8 Å². The molecule has 0 aliphatic rings. The molecule has 0 heterocycles. The van der Waals surface area contributed by atoms with E-state index in [9.17, 15) is 0 Å². The van der Waals surface area contributed by atoms with Crippen LogP contribution in [0.2, 0.25) is 0 Å². The van der Waals surface area contributed by atoms with Crippen LogP contribution in [0.3, 0.4) is 0 Å². The third-order valence-electron chi connectivity index (χ3n) is 1.80. The third-order valence-corrected chi connectivity index (χ3v) is 2.78. The van der Waals surface area contributed by atoms with Crippen molar-refractivity contribution < 1.29 is 4.74 Å². The number of hydrogen-bond acceptors (Lipinski definition) is 2. The fraction of sp³-hybridized carbons (Fsp3) is 0.455. The summed E-state index contributed by atoms with van der Waals surface area (Å²) in [5.41, 5.74) is 1.43. The van der Waals surface area contributed by atoms with Gasteiger partial charge in [0, 0.05) is 7.11 Å². The normalized spacial score (nSPS) is 10.2. The van der Waals surface area contributed by atoms with E-state index in [4.69, 9.17) is 4.74 Å². The highest BCUT2D eigenvalue weighted by molar-refractivity contribution is 7.99. The van der Waals surface area contributed by atoms with Gasteiger partial charge in [0.2, 0.25) is 0 Å². The van der Waals surface area contributed by atoms with Gasteiger partial charge in [-0.05, 0) is 24.2 Å². The zero-order chi connectivity index (χ0) is 9.36. The van der Waals surface area contributed by atoms with Gasteiger partial charge < -0.3 is 4.74 Å². The molecule has 0 aliphatic heterocycles. The molecule has 0 N–H and O–H groups in total. The van der Waals surface area contributed by atoms with Crippen LogP contribution in [-0.4, -0.2) is 18.8 Å². The van der Waals surface area contributed by atoms with Crippen LogP contribution in [0.25, 0.3) is 0 Å². The van der Waals surface area contributed by atoms with Gasteiger partial charge in [-0.1, -0.05) is 30.3 Å². The van der Waals surface area contributed by atoms with Gasteiger partial charge in [-0.3, -0.25) is 0 Å². The van der Waals surface area contributed by atoms with E-state index in [1.165, 1.54) is 24.2 Å². The summed E-state index contributed by atoms with van der Waals surface area (Å²) in [5.74, 6) is 2.00. The largest absolute Gasteiger partial charge is 0.374 e. The highest BCUT2D eigenvalue weighted by Crippen LogP contribution is 2.07. The van der Waals surface area contributed by atoms with Crippen molar-refractivity contribution in [3.63, 3.8) is 0 Å². The first-order valence-electron chi connectivity index (χ1n) is 4.54. The summed E-state index contributed by atoms with van der Waals surface area (Å²) >= 11 is 1.85. The van der Waals surface area contributed by atoms with Crippen molar-refractivity contribution in [1.29, 1.82) is 0 Å². The van der Waals surface area contributed by atoms with Crippen molar-refractivity contribution in [2.24, 2.45) is 0 Å². The first-order valence-corrected chi connectivity index (χ1v) is 5.69. The van der Waals surface area contributed by atoms with Crippen LogP contribution in [0.5, 0.6) is 0 Å². The molecule has 1 aromatic rings. The first-order chi connectivity index (χ1) is 6.43. The number of rotatable bonds is 6. The van der Waals surface area contributed by atoms with Crippen molar-refractivity contribution in [2.45, 2.75) is 12.8 Å². The average Bonchev–Trinajstić information content (AvgIpc) is 2.19.